The van der Waals surface area contributed by atoms with Crippen LogP contribution in [0, 0.1) is 5.82 Å². The standard InChI is InChI=1S/C24H24FN7O2/c1-34-24-29-19-16(20(26)33)9-5-10-18(19)32(24)23-30-21-17(8-2-3-11-27-21)22(31-23)28-13-14-6-4-7-15(25)12-14/h4-7,9-10,12H,2-3,8,11,13H2,1H3,(H2,26,33)(H2,27,28,30,31). The summed E-state index contributed by atoms with van der Waals surface area (Å²) in [6, 6.07) is 11.8. The molecule has 2 aromatic heterocycles. The number of aromatic nitrogens is 4. The van der Waals surface area contributed by atoms with Crippen LogP contribution in [0.2, 0.25) is 0 Å². The number of methoxy groups -OCH3 is 1. The van der Waals surface area contributed by atoms with Gasteiger partial charge in [-0.2, -0.15) is 15.0 Å². The fourth-order valence-electron chi connectivity index (χ4n) is 4.17. The first kappa shape index (κ1) is 21.6. The summed E-state index contributed by atoms with van der Waals surface area (Å²) in [5.41, 5.74) is 8.61. The Labute approximate surface area is 195 Å². The largest absolute Gasteiger partial charge is 0.468 e. The normalized spacial score (nSPS) is 13.1. The first-order valence-electron chi connectivity index (χ1n) is 11.0. The predicted molar refractivity (Wildman–Crippen MR) is 127 cm³/mol. The third-order valence-corrected chi connectivity index (χ3v) is 5.79. The maximum Gasteiger partial charge on any atom is 0.304 e. The fraction of sp³-hybridized carbons (Fsp3) is 0.250. The van der Waals surface area contributed by atoms with Crippen molar-refractivity contribution >= 4 is 28.6 Å². The van der Waals surface area contributed by atoms with Crippen LogP contribution in [0.5, 0.6) is 6.01 Å². The Morgan fingerprint density at radius 1 is 1.21 bits per heavy atom. The molecule has 1 amide bonds. The van der Waals surface area contributed by atoms with E-state index in [-0.39, 0.29) is 17.4 Å². The number of carbonyl (C=O) groups is 1. The van der Waals surface area contributed by atoms with Crippen LogP contribution in [0.4, 0.5) is 16.0 Å². The average Bonchev–Trinajstić information content (AvgIpc) is 3.05. The van der Waals surface area contributed by atoms with E-state index in [4.69, 9.17) is 20.4 Å². The molecule has 0 saturated carbocycles. The van der Waals surface area contributed by atoms with Crippen LogP contribution in [-0.2, 0) is 13.0 Å². The maximum absolute atomic E-state index is 13.7. The highest BCUT2D eigenvalue weighted by molar-refractivity contribution is 6.04. The molecule has 3 heterocycles. The van der Waals surface area contributed by atoms with Crippen molar-refractivity contribution in [2.45, 2.75) is 25.8 Å². The van der Waals surface area contributed by atoms with Gasteiger partial charge in [0.15, 0.2) is 0 Å². The lowest BCUT2D eigenvalue weighted by molar-refractivity contribution is 0.100. The molecular formula is C24H24FN7O2. The lowest BCUT2D eigenvalue weighted by Gasteiger charge is -2.16. The number of amides is 1. The highest BCUT2D eigenvalue weighted by atomic mass is 19.1. The smallest absolute Gasteiger partial charge is 0.304 e. The van der Waals surface area contributed by atoms with Gasteiger partial charge in [-0.15, -0.1) is 0 Å². The molecule has 0 aliphatic carbocycles. The number of fused-ring (bicyclic) bond motifs is 2. The lowest BCUT2D eigenvalue weighted by Crippen LogP contribution is -2.13. The van der Waals surface area contributed by atoms with E-state index in [1.807, 2.05) is 6.07 Å². The van der Waals surface area contributed by atoms with Gasteiger partial charge in [0.1, 0.15) is 23.0 Å². The Balaban J connectivity index is 1.64. The van der Waals surface area contributed by atoms with Gasteiger partial charge in [-0.1, -0.05) is 18.2 Å². The molecule has 0 saturated heterocycles. The first-order chi connectivity index (χ1) is 16.5. The van der Waals surface area contributed by atoms with Gasteiger partial charge < -0.3 is 21.1 Å². The zero-order valence-corrected chi connectivity index (χ0v) is 18.6. The van der Waals surface area contributed by atoms with Gasteiger partial charge in [-0.25, -0.2) is 8.96 Å². The molecule has 4 aromatic rings. The number of rotatable bonds is 6. The van der Waals surface area contributed by atoms with Crippen molar-refractivity contribution in [1.82, 2.24) is 19.5 Å². The summed E-state index contributed by atoms with van der Waals surface area (Å²) >= 11 is 0. The number of halogens is 1. The van der Waals surface area contributed by atoms with Crippen molar-refractivity contribution in [2.75, 3.05) is 24.3 Å². The van der Waals surface area contributed by atoms with Crippen LogP contribution in [0.1, 0.15) is 34.3 Å². The number of imidazole rings is 1. The number of primary amides is 1. The second-order valence-corrected chi connectivity index (χ2v) is 8.04. The number of hydrogen-bond acceptors (Lipinski definition) is 7. The molecular weight excluding hydrogens is 437 g/mol. The first-order valence-corrected chi connectivity index (χ1v) is 11.0. The van der Waals surface area contributed by atoms with E-state index < -0.39 is 5.91 Å². The molecule has 0 radical (unpaired) electrons. The third kappa shape index (κ3) is 3.98. The second-order valence-electron chi connectivity index (χ2n) is 8.04. The van der Waals surface area contributed by atoms with Crippen molar-refractivity contribution < 1.29 is 13.9 Å². The van der Waals surface area contributed by atoms with Crippen LogP contribution in [0.3, 0.4) is 0 Å². The predicted octanol–water partition coefficient (Wildman–Crippen LogP) is 3.42. The van der Waals surface area contributed by atoms with E-state index in [0.717, 1.165) is 42.8 Å². The molecule has 34 heavy (non-hydrogen) atoms. The third-order valence-electron chi connectivity index (χ3n) is 5.79. The number of hydrogen-bond donors (Lipinski definition) is 3. The molecule has 4 N–H and O–H groups in total. The number of anilines is 2. The van der Waals surface area contributed by atoms with Crippen LogP contribution in [0.25, 0.3) is 17.0 Å². The van der Waals surface area contributed by atoms with Gasteiger partial charge in [0, 0.05) is 18.7 Å². The monoisotopic (exact) mass is 461 g/mol. The summed E-state index contributed by atoms with van der Waals surface area (Å²) in [5, 5.41) is 6.75. The molecule has 0 fully saturated rings. The number of carbonyl (C=O) groups excluding carboxylic acids is 1. The van der Waals surface area contributed by atoms with Gasteiger partial charge in [-0.05, 0) is 49.1 Å². The number of para-hydroxylation sites is 1. The highest BCUT2D eigenvalue weighted by Gasteiger charge is 2.23. The lowest BCUT2D eigenvalue weighted by atomic mass is 10.1. The van der Waals surface area contributed by atoms with Crippen LogP contribution >= 0.6 is 0 Å². The number of nitrogens with one attached hydrogen (secondary N) is 2. The minimum absolute atomic E-state index is 0.230. The Kier molecular flexibility index (Phi) is 5.70. The minimum Gasteiger partial charge on any atom is -0.468 e. The fourth-order valence-corrected chi connectivity index (χ4v) is 4.17. The van der Waals surface area contributed by atoms with Crippen molar-refractivity contribution in [1.29, 1.82) is 0 Å². The summed E-state index contributed by atoms with van der Waals surface area (Å²) in [6.07, 6.45) is 2.81. The molecule has 0 spiro atoms. The molecule has 1 aliphatic heterocycles. The summed E-state index contributed by atoms with van der Waals surface area (Å²) in [6.45, 7) is 1.19. The molecule has 1 aliphatic rings. The number of nitrogens with zero attached hydrogens (tertiary/aromatic N) is 4. The number of nitrogens with two attached hydrogens (primary N) is 1. The number of ether oxygens (including phenoxy) is 1. The van der Waals surface area contributed by atoms with Crippen molar-refractivity contribution in [3.05, 3.63) is 65.0 Å². The zero-order valence-electron chi connectivity index (χ0n) is 18.6. The zero-order chi connectivity index (χ0) is 23.7. The SMILES string of the molecule is COc1nc2c(C(N)=O)cccc2n1-c1nc2c(c(NCc3cccc(F)c3)n1)CCCCN2. The van der Waals surface area contributed by atoms with Gasteiger partial charge >= 0.3 is 6.01 Å². The van der Waals surface area contributed by atoms with Gasteiger partial charge in [0.25, 0.3) is 5.91 Å². The Morgan fingerprint density at radius 2 is 2.06 bits per heavy atom. The highest BCUT2D eigenvalue weighted by Crippen LogP contribution is 2.31. The Morgan fingerprint density at radius 3 is 2.85 bits per heavy atom. The van der Waals surface area contributed by atoms with Crippen molar-refractivity contribution in [3.8, 4) is 12.0 Å². The van der Waals surface area contributed by atoms with Crippen LogP contribution in [-0.4, -0.2) is 39.1 Å². The molecule has 0 atom stereocenters. The minimum atomic E-state index is -0.583. The number of benzene rings is 2. The molecule has 174 valence electrons. The molecule has 2 aromatic carbocycles. The van der Waals surface area contributed by atoms with Crippen LogP contribution in [0.15, 0.2) is 42.5 Å². The molecule has 9 nitrogen and oxygen atoms in total. The maximum atomic E-state index is 13.7. The van der Waals surface area contributed by atoms with E-state index >= 15 is 0 Å². The average molecular weight is 462 g/mol. The van der Waals surface area contributed by atoms with E-state index in [1.165, 1.54) is 19.2 Å². The molecule has 5 rings (SSSR count). The van der Waals surface area contributed by atoms with Crippen molar-refractivity contribution in [3.63, 3.8) is 0 Å². The summed E-state index contributed by atoms with van der Waals surface area (Å²) in [7, 11) is 1.49. The molecule has 0 bridgehead atoms. The molecule has 10 heteroatoms. The Hall–Kier alpha value is -4.21. The Bertz CT molecular complexity index is 1390. The summed E-state index contributed by atoms with van der Waals surface area (Å²) in [4.78, 5) is 26.0. The van der Waals surface area contributed by atoms with E-state index in [1.54, 1.807) is 28.8 Å². The van der Waals surface area contributed by atoms with E-state index in [2.05, 4.69) is 15.6 Å². The summed E-state index contributed by atoms with van der Waals surface area (Å²) in [5.74, 6) is 0.826. The molecule has 0 unspecified atom stereocenters. The van der Waals surface area contributed by atoms with Gasteiger partial charge in [-0.3, -0.25) is 4.79 Å². The quantitative estimate of drug-likeness (QED) is 0.402. The van der Waals surface area contributed by atoms with E-state index in [9.17, 15) is 9.18 Å². The van der Waals surface area contributed by atoms with Crippen LogP contribution < -0.4 is 21.1 Å². The van der Waals surface area contributed by atoms with Gasteiger partial charge in [0.2, 0.25) is 5.95 Å². The second kappa shape index (κ2) is 8.97. The van der Waals surface area contributed by atoms with Gasteiger partial charge in [0.05, 0.1) is 18.2 Å². The summed E-state index contributed by atoms with van der Waals surface area (Å²) < 4.78 is 20.8. The van der Waals surface area contributed by atoms with Crippen molar-refractivity contribution in [2.24, 2.45) is 5.73 Å². The topological polar surface area (TPSA) is 120 Å². The van der Waals surface area contributed by atoms with E-state index in [0.29, 0.717) is 29.3 Å².